The second-order valence-electron chi connectivity index (χ2n) is 3.03. The van der Waals surface area contributed by atoms with E-state index in [9.17, 15) is 7.25 Å². The van der Waals surface area contributed by atoms with Gasteiger partial charge in [-0.05, 0) is 31.3 Å². The van der Waals surface area contributed by atoms with Crippen molar-refractivity contribution in [2.24, 2.45) is 5.92 Å². The molecule has 0 aromatic rings. The second kappa shape index (κ2) is 5.91. The molecule has 1 atom stereocenters. The van der Waals surface area contributed by atoms with Gasteiger partial charge < -0.3 is 0 Å². The molecular formula is C8H13F2I. The van der Waals surface area contributed by atoms with Crippen molar-refractivity contribution >= 4 is 23.2 Å². The van der Waals surface area contributed by atoms with Gasteiger partial charge in [0.25, 0.3) is 0 Å². The van der Waals surface area contributed by atoms with Crippen molar-refractivity contribution in [3.05, 3.63) is 11.4 Å². The van der Waals surface area contributed by atoms with Gasteiger partial charge in [0.05, 0.1) is 5.83 Å². The first-order valence-electron chi connectivity index (χ1n) is 3.68. The Morgan fingerprint density at radius 1 is 1.45 bits per heavy atom. The first-order chi connectivity index (χ1) is 5.20. The average Bonchev–Trinajstić information content (AvgIpc) is 2.02. The molecule has 0 nitrogen and oxygen atoms in total. The minimum absolute atomic E-state index is 0.133. The fraction of sp³-hybridized carbons (Fsp3) is 0.750. The lowest BCUT2D eigenvalue weighted by Crippen LogP contribution is -2.02. The maximum atomic E-state index is 12.7. The van der Waals surface area contributed by atoms with E-state index in [2.05, 4.69) is 6.92 Å². The molecule has 0 radical (unpaired) electrons. The predicted molar refractivity (Wildman–Crippen MR) is 52.0 cm³/mol. The third-order valence-corrected chi connectivity index (χ3v) is 2.00. The molecule has 0 heterocycles. The lowest BCUT2D eigenvalue weighted by atomic mass is 9.91. The van der Waals surface area contributed by atoms with Crippen LogP contribution in [0.4, 0.5) is 7.25 Å². The van der Waals surface area contributed by atoms with E-state index >= 15 is 0 Å². The summed E-state index contributed by atoms with van der Waals surface area (Å²) in [5.74, 6) is 0.697. The molecule has 3 heteroatoms. The molecule has 0 aromatic carbocycles. The van der Waals surface area contributed by atoms with Gasteiger partial charge in [0.15, 0.2) is 23.2 Å². The lowest BCUT2D eigenvalue weighted by Gasteiger charge is -2.17. The summed E-state index contributed by atoms with van der Waals surface area (Å²) in [4.78, 5) is 0. The Balaban J connectivity index is 0.000000461. The molecule has 0 bridgehead atoms. The van der Waals surface area contributed by atoms with E-state index in [4.69, 9.17) is 0 Å². The molecule has 1 aliphatic rings. The third-order valence-electron chi connectivity index (χ3n) is 2.00. The van der Waals surface area contributed by atoms with Crippen LogP contribution in [0.1, 0.15) is 33.1 Å². The monoisotopic (exact) mass is 274 g/mol. The van der Waals surface area contributed by atoms with Crippen molar-refractivity contribution in [2.45, 2.75) is 33.1 Å². The predicted octanol–water partition coefficient (Wildman–Crippen LogP) is 4.36. The zero-order chi connectivity index (χ0) is 8.85. The zero-order valence-corrected chi connectivity index (χ0v) is 8.99. The van der Waals surface area contributed by atoms with E-state index in [0.29, 0.717) is 35.5 Å². The maximum Gasteiger partial charge on any atom is 0.171 e. The van der Waals surface area contributed by atoms with Crippen LogP contribution >= 0.6 is 23.2 Å². The summed E-state index contributed by atoms with van der Waals surface area (Å²) in [5, 5.41) is 0. The van der Waals surface area contributed by atoms with Crippen molar-refractivity contribution in [3.8, 4) is 0 Å². The summed E-state index contributed by atoms with van der Waals surface area (Å²) >= 11 is 0.650. The second-order valence-corrected chi connectivity index (χ2v) is 3.03. The van der Waals surface area contributed by atoms with Crippen molar-refractivity contribution < 1.29 is 7.25 Å². The van der Waals surface area contributed by atoms with E-state index in [0.717, 1.165) is 12.0 Å². The van der Waals surface area contributed by atoms with Gasteiger partial charge >= 0.3 is 0 Å². The van der Waals surface area contributed by atoms with Crippen LogP contribution in [-0.2, 0) is 0 Å². The van der Waals surface area contributed by atoms with Gasteiger partial charge in [0.1, 0.15) is 0 Å². The summed E-state index contributed by atoms with van der Waals surface area (Å²) in [5.41, 5.74) is 0.966. The Labute approximate surface area is 81.0 Å². The Kier molecular flexibility index (Phi) is 6.09. The van der Waals surface area contributed by atoms with Crippen molar-refractivity contribution in [3.63, 3.8) is 0 Å². The van der Waals surface area contributed by atoms with Gasteiger partial charge in [-0.15, -0.1) is 0 Å². The highest BCUT2D eigenvalue weighted by atomic mass is 127. The number of halogens is 3. The molecule has 0 fully saturated rings. The average molecular weight is 274 g/mol. The molecule has 66 valence electrons. The SMILES string of the molecule is CC1=C(F)CC(C)CC1.FI. The van der Waals surface area contributed by atoms with Crippen LogP contribution in [0, 0.1) is 5.92 Å². The largest absolute Gasteiger partial charge is 0.212 e. The van der Waals surface area contributed by atoms with E-state index in [-0.39, 0.29) is 5.83 Å². The van der Waals surface area contributed by atoms with Gasteiger partial charge in [-0.1, -0.05) is 6.92 Å². The van der Waals surface area contributed by atoms with Gasteiger partial charge in [0.2, 0.25) is 0 Å². The van der Waals surface area contributed by atoms with Gasteiger partial charge in [-0.2, -0.15) is 2.86 Å². The minimum atomic E-state index is 0.133. The molecular weight excluding hydrogens is 261 g/mol. The topological polar surface area (TPSA) is 0 Å². The molecule has 0 saturated heterocycles. The van der Waals surface area contributed by atoms with E-state index in [1.54, 1.807) is 0 Å². The Morgan fingerprint density at radius 2 is 2.00 bits per heavy atom. The van der Waals surface area contributed by atoms with Crippen LogP contribution in [0.5, 0.6) is 0 Å². The smallest absolute Gasteiger partial charge is 0.171 e. The van der Waals surface area contributed by atoms with Gasteiger partial charge in [0, 0.05) is 6.42 Å². The molecule has 11 heavy (non-hydrogen) atoms. The molecule has 1 aliphatic carbocycles. The van der Waals surface area contributed by atoms with Crippen LogP contribution in [0.3, 0.4) is 0 Å². The Morgan fingerprint density at radius 3 is 2.36 bits per heavy atom. The molecule has 0 aromatic heterocycles. The number of hydrogen-bond donors (Lipinski definition) is 0. The fourth-order valence-corrected chi connectivity index (χ4v) is 1.18. The van der Waals surface area contributed by atoms with Crippen molar-refractivity contribution in [1.29, 1.82) is 0 Å². The zero-order valence-electron chi connectivity index (χ0n) is 6.83. The van der Waals surface area contributed by atoms with E-state index in [1.807, 2.05) is 6.92 Å². The van der Waals surface area contributed by atoms with Crippen LogP contribution in [0.15, 0.2) is 11.4 Å². The molecule has 0 spiro atoms. The highest BCUT2D eigenvalue weighted by Gasteiger charge is 2.14. The fourth-order valence-electron chi connectivity index (χ4n) is 1.18. The molecule has 0 saturated carbocycles. The van der Waals surface area contributed by atoms with Crippen molar-refractivity contribution in [2.75, 3.05) is 0 Å². The lowest BCUT2D eigenvalue weighted by molar-refractivity contribution is 0.422. The van der Waals surface area contributed by atoms with Crippen LogP contribution in [0.2, 0.25) is 0 Å². The summed E-state index contributed by atoms with van der Waals surface area (Å²) < 4.78 is 22.2. The summed E-state index contributed by atoms with van der Waals surface area (Å²) in [6.45, 7) is 3.99. The molecule has 1 rings (SSSR count). The van der Waals surface area contributed by atoms with Crippen LogP contribution in [0.25, 0.3) is 0 Å². The summed E-state index contributed by atoms with van der Waals surface area (Å²) in [6, 6.07) is 0. The maximum absolute atomic E-state index is 12.7. The quantitative estimate of drug-likeness (QED) is 0.576. The highest BCUT2D eigenvalue weighted by molar-refractivity contribution is 14.1. The Bertz CT molecular complexity index is 143. The van der Waals surface area contributed by atoms with Gasteiger partial charge in [-0.3, -0.25) is 0 Å². The third kappa shape index (κ3) is 4.03. The number of allylic oxidation sites excluding steroid dienone is 2. The number of hydrogen-bond acceptors (Lipinski definition) is 0. The number of rotatable bonds is 0. The molecule has 0 N–H and O–H groups in total. The molecule has 0 aliphatic heterocycles. The standard InChI is InChI=1S/C8H13F.FI/c1-6-3-4-7(2)8(9)5-6;1-2/h6H,3-5H2,1-2H3;. The highest BCUT2D eigenvalue weighted by Crippen LogP contribution is 2.28. The van der Waals surface area contributed by atoms with Crippen LogP contribution < -0.4 is 0 Å². The summed E-state index contributed by atoms with van der Waals surface area (Å²) in [6.07, 6.45) is 2.80. The van der Waals surface area contributed by atoms with Crippen molar-refractivity contribution in [1.82, 2.24) is 0 Å². The first kappa shape index (κ1) is 11.3. The van der Waals surface area contributed by atoms with Gasteiger partial charge in [-0.25, -0.2) is 4.39 Å². The van der Waals surface area contributed by atoms with E-state index < -0.39 is 0 Å². The summed E-state index contributed by atoms with van der Waals surface area (Å²) in [7, 11) is 0. The van der Waals surface area contributed by atoms with E-state index in [1.165, 1.54) is 6.42 Å². The normalized spacial score (nSPS) is 24.3. The minimum Gasteiger partial charge on any atom is -0.212 e. The Hall–Kier alpha value is 0.330. The van der Waals surface area contributed by atoms with Crippen LogP contribution in [-0.4, -0.2) is 0 Å². The molecule has 0 amide bonds. The first-order valence-corrected chi connectivity index (χ1v) is 4.50. The molecule has 1 unspecified atom stereocenters.